The fraction of sp³-hybridized carbons (Fsp3) is 0.750. The molecule has 1 rings (SSSR count). The zero-order chi connectivity index (χ0) is 10.6. The second-order valence-corrected chi connectivity index (χ2v) is 3.05. The van der Waals surface area contributed by atoms with E-state index in [1.807, 2.05) is 6.92 Å². The van der Waals surface area contributed by atoms with Crippen LogP contribution in [-0.4, -0.2) is 19.9 Å². The summed E-state index contributed by atoms with van der Waals surface area (Å²) in [6.45, 7) is 4.64. The average Bonchev–Trinajstić information content (AvgIpc) is 2.57. The Labute approximate surface area is 82.1 Å². The lowest BCUT2D eigenvalue weighted by Crippen LogP contribution is -2.05. The molecule has 78 valence electrons. The van der Waals surface area contributed by atoms with Gasteiger partial charge in [-0.3, -0.25) is 0 Å². The Kier molecular flexibility index (Phi) is 3.55. The van der Waals surface area contributed by atoms with Crippen LogP contribution in [0.2, 0.25) is 0 Å². The van der Waals surface area contributed by atoms with Crippen molar-refractivity contribution >= 4 is 5.82 Å². The molecule has 0 saturated carbocycles. The number of rotatable bonds is 5. The van der Waals surface area contributed by atoms with Gasteiger partial charge in [0, 0.05) is 6.54 Å². The van der Waals surface area contributed by atoms with Crippen LogP contribution in [0.3, 0.4) is 0 Å². The fourth-order valence-corrected chi connectivity index (χ4v) is 1.29. The molecular weight excluding hydrogens is 184 g/mol. The maximum absolute atomic E-state index is 10.6. The van der Waals surface area contributed by atoms with E-state index in [2.05, 4.69) is 17.2 Å². The van der Waals surface area contributed by atoms with E-state index >= 15 is 0 Å². The van der Waals surface area contributed by atoms with Crippen molar-refractivity contribution < 1.29 is 4.92 Å². The number of unbranched alkanes of at least 4 members (excludes halogenated alkanes) is 1. The molecule has 0 aliphatic rings. The second-order valence-electron chi connectivity index (χ2n) is 3.05. The van der Waals surface area contributed by atoms with Crippen LogP contribution < -0.4 is 0 Å². The molecule has 1 heterocycles. The molecule has 0 aliphatic carbocycles. The summed E-state index contributed by atoms with van der Waals surface area (Å²) >= 11 is 0. The summed E-state index contributed by atoms with van der Waals surface area (Å²) in [5.41, 5.74) is 0.614. The van der Waals surface area contributed by atoms with Crippen LogP contribution in [0.1, 0.15) is 32.4 Å². The van der Waals surface area contributed by atoms with Crippen LogP contribution in [0, 0.1) is 10.1 Å². The molecule has 0 N–H and O–H groups in total. The Morgan fingerprint density at radius 1 is 1.50 bits per heavy atom. The Morgan fingerprint density at radius 3 is 2.71 bits per heavy atom. The first-order valence-electron chi connectivity index (χ1n) is 4.77. The lowest BCUT2D eigenvalue weighted by Gasteiger charge is -2.00. The summed E-state index contributed by atoms with van der Waals surface area (Å²) in [5, 5.41) is 17.9. The van der Waals surface area contributed by atoms with Gasteiger partial charge in [-0.15, -0.1) is 0 Å². The summed E-state index contributed by atoms with van der Waals surface area (Å²) in [4.78, 5) is 10.1. The Bertz CT molecular complexity index is 321. The predicted octanol–water partition coefficient (Wildman–Crippen LogP) is 1.55. The first-order valence-corrected chi connectivity index (χ1v) is 4.77. The predicted molar refractivity (Wildman–Crippen MR) is 51.0 cm³/mol. The third-order valence-electron chi connectivity index (χ3n) is 2.05. The van der Waals surface area contributed by atoms with Crippen molar-refractivity contribution in [1.29, 1.82) is 0 Å². The Hall–Kier alpha value is -1.46. The minimum atomic E-state index is -0.478. The molecule has 6 nitrogen and oxygen atoms in total. The lowest BCUT2D eigenvalue weighted by molar-refractivity contribution is -0.390. The third kappa shape index (κ3) is 2.07. The van der Waals surface area contributed by atoms with Crippen molar-refractivity contribution in [2.24, 2.45) is 0 Å². The van der Waals surface area contributed by atoms with Crippen molar-refractivity contribution in [2.75, 3.05) is 0 Å². The largest absolute Gasteiger partial charge is 0.413 e. The molecule has 1 aromatic rings. The normalized spacial score (nSPS) is 10.4. The fourth-order valence-electron chi connectivity index (χ4n) is 1.29. The molecule has 0 fully saturated rings. The summed E-state index contributed by atoms with van der Waals surface area (Å²) in [6.07, 6.45) is 2.59. The van der Waals surface area contributed by atoms with Gasteiger partial charge in [0.1, 0.15) is 10.8 Å². The van der Waals surface area contributed by atoms with E-state index < -0.39 is 4.92 Å². The van der Waals surface area contributed by atoms with Gasteiger partial charge in [-0.25, -0.2) is 4.68 Å². The van der Waals surface area contributed by atoms with Crippen LogP contribution in [0.25, 0.3) is 0 Å². The maximum atomic E-state index is 10.6. The number of aromatic nitrogens is 3. The molecule has 14 heavy (non-hydrogen) atoms. The molecule has 6 heteroatoms. The van der Waals surface area contributed by atoms with Crippen molar-refractivity contribution in [1.82, 2.24) is 15.0 Å². The van der Waals surface area contributed by atoms with Gasteiger partial charge >= 0.3 is 5.82 Å². The molecule has 0 radical (unpaired) electrons. The summed E-state index contributed by atoms with van der Waals surface area (Å²) in [5.74, 6) is -0.108. The van der Waals surface area contributed by atoms with E-state index in [0.29, 0.717) is 18.7 Å². The van der Waals surface area contributed by atoms with Crippen molar-refractivity contribution in [3.05, 3.63) is 15.8 Å². The molecule has 0 saturated heterocycles. The van der Waals surface area contributed by atoms with Crippen LogP contribution >= 0.6 is 0 Å². The summed E-state index contributed by atoms with van der Waals surface area (Å²) < 4.78 is 1.63. The Morgan fingerprint density at radius 2 is 2.21 bits per heavy atom. The van der Waals surface area contributed by atoms with Gasteiger partial charge in [-0.1, -0.05) is 20.3 Å². The highest BCUT2D eigenvalue weighted by molar-refractivity contribution is 5.24. The number of hydrogen-bond acceptors (Lipinski definition) is 4. The topological polar surface area (TPSA) is 73.8 Å². The van der Waals surface area contributed by atoms with Crippen LogP contribution in [0.15, 0.2) is 0 Å². The van der Waals surface area contributed by atoms with Gasteiger partial charge in [-0.05, 0) is 17.8 Å². The minimum absolute atomic E-state index is 0.108. The standard InChI is InChI=1S/C8H14N4O2/c1-3-5-6-11-7(4-2)8(9-10-11)12(13)14/h3-6H2,1-2H3. The zero-order valence-corrected chi connectivity index (χ0v) is 8.43. The van der Waals surface area contributed by atoms with Crippen LogP contribution in [0.4, 0.5) is 5.82 Å². The molecule has 0 bridgehead atoms. The van der Waals surface area contributed by atoms with Crippen molar-refractivity contribution in [2.45, 2.75) is 39.7 Å². The number of nitrogens with zero attached hydrogens (tertiary/aromatic N) is 4. The molecule has 0 atom stereocenters. The molecule has 0 amide bonds. The van der Waals surface area contributed by atoms with Crippen molar-refractivity contribution in [3.8, 4) is 0 Å². The molecule has 1 aromatic heterocycles. The SMILES string of the molecule is CCCCn1nnc([N+](=O)[O-])c1CC. The van der Waals surface area contributed by atoms with Gasteiger partial charge in [0.15, 0.2) is 0 Å². The maximum Gasteiger partial charge on any atom is 0.413 e. The van der Waals surface area contributed by atoms with Crippen LogP contribution in [-0.2, 0) is 13.0 Å². The van der Waals surface area contributed by atoms with Gasteiger partial charge in [0.2, 0.25) is 0 Å². The lowest BCUT2D eigenvalue weighted by atomic mass is 10.3. The number of hydrogen-bond donors (Lipinski definition) is 0. The van der Waals surface area contributed by atoms with E-state index in [0.717, 1.165) is 12.8 Å². The van der Waals surface area contributed by atoms with Gasteiger partial charge in [0.05, 0.1) is 5.21 Å². The highest BCUT2D eigenvalue weighted by atomic mass is 16.6. The highest BCUT2D eigenvalue weighted by Gasteiger charge is 2.21. The van der Waals surface area contributed by atoms with Gasteiger partial charge < -0.3 is 10.1 Å². The number of aryl methyl sites for hydroxylation is 1. The molecule has 0 aliphatic heterocycles. The molecule has 0 spiro atoms. The second kappa shape index (κ2) is 4.69. The molecular formula is C8H14N4O2. The zero-order valence-electron chi connectivity index (χ0n) is 8.43. The van der Waals surface area contributed by atoms with E-state index in [9.17, 15) is 10.1 Å². The van der Waals surface area contributed by atoms with Crippen molar-refractivity contribution in [3.63, 3.8) is 0 Å². The number of nitro groups is 1. The monoisotopic (exact) mass is 198 g/mol. The minimum Gasteiger partial charge on any atom is -0.358 e. The molecule has 0 aromatic carbocycles. The average molecular weight is 198 g/mol. The smallest absolute Gasteiger partial charge is 0.358 e. The highest BCUT2D eigenvalue weighted by Crippen LogP contribution is 2.15. The Balaban J connectivity index is 2.89. The molecule has 0 unspecified atom stereocenters. The third-order valence-corrected chi connectivity index (χ3v) is 2.05. The van der Waals surface area contributed by atoms with Crippen LogP contribution in [0.5, 0.6) is 0 Å². The van der Waals surface area contributed by atoms with Gasteiger partial charge in [-0.2, -0.15) is 0 Å². The van der Waals surface area contributed by atoms with E-state index in [-0.39, 0.29) is 5.82 Å². The quantitative estimate of drug-likeness (QED) is 0.531. The summed E-state index contributed by atoms with van der Waals surface area (Å²) in [7, 11) is 0. The van der Waals surface area contributed by atoms with E-state index in [4.69, 9.17) is 0 Å². The van der Waals surface area contributed by atoms with E-state index in [1.165, 1.54) is 0 Å². The van der Waals surface area contributed by atoms with Gasteiger partial charge in [0.25, 0.3) is 0 Å². The van der Waals surface area contributed by atoms with E-state index in [1.54, 1.807) is 4.68 Å². The summed E-state index contributed by atoms with van der Waals surface area (Å²) in [6, 6.07) is 0. The first kappa shape index (κ1) is 10.6. The first-order chi connectivity index (χ1) is 6.70.